The van der Waals surface area contributed by atoms with Gasteiger partial charge in [0.1, 0.15) is 0 Å². The molecule has 0 unspecified atom stereocenters. The molecule has 0 spiro atoms. The number of fused-ring (bicyclic) bond motifs is 2. The van der Waals surface area contributed by atoms with Crippen LogP contribution in [0.5, 0.6) is 0 Å². The van der Waals surface area contributed by atoms with Gasteiger partial charge in [-0.05, 0) is 52.7 Å². The van der Waals surface area contributed by atoms with E-state index >= 15 is 0 Å². The third kappa shape index (κ3) is 4.32. The third-order valence-corrected chi connectivity index (χ3v) is 6.78. The lowest BCUT2D eigenvalue weighted by Gasteiger charge is -2.11. The van der Waals surface area contributed by atoms with Crippen LogP contribution in [0.25, 0.3) is 27.8 Å². The quantitative estimate of drug-likeness (QED) is 0.256. The molecule has 1 aliphatic rings. The van der Waals surface area contributed by atoms with Crippen molar-refractivity contribution in [2.45, 2.75) is 13.0 Å². The fraction of sp³-hybridized carbons (Fsp3) is 0.185. The van der Waals surface area contributed by atoms with Crippen molar-refractivity contribution >= 4 is 50.7 Å². The lowest BCUT2D eigenvalue weighted by Crippen LogP contribution is -2.29. The molecule has 0 bridgehead atoms. The largest absolute Gasteiger partial charge is 0.385 e. The molecule has 0 N–H and O–H groups in total. The van der Waals surface area contributed by atoms with Gasteiger partial charge in [-0.15, -0.1) is 0 Å². The summed E-state index contributed by atoms with van der Waals surface area (Å²) in [5, 5.41) is 3.28. The lowest BCUT2D eigenvalue weighted by molar-refractivity contribution is -0.122. The third-order valence-electron chi connectivity index (χ3n) is 5.88. The molecule has 1 saturated heterocycles. The van der Waals surface area contributed by atoms with Crippen LogP contribution in [-0.2, 0) is 16.1 Å². The topological polar surface area (TPSA) is 51.5 Å². The van der Waals surface area contributed by atoms with Gasteiger partial charge in [0, 0.05) is 49.5 Å². The Morgan fingerprint density at radius 3 is 2.61 bits per heavy atom. The summed E-state index contributed by atoms with van der Waals surface area (Å²) in [6, 6.07) is 23.0. The highest BCUT2D eigenvalue weighted by atomic mass is 32.2. The molecule has 0 aliphatic carbocycles. The van der Waals surface area contributed by atoms with Gasteiger partial charge in [0.05, 0.1) is 4.91 Å². The van der Waals surface area contributed by atoms with Crippen molar-refractivity contribution in [3.05, 3.63) is 89.0 Å². The maximum Gasteiger partial charge on any atom is 0.293 e. The van der Waals surface area contributed by atoms with Crippen LogP contribution in [0, 0.1) is 0 Å². The van der Waals surface area contributed by atoms with Crippen LogP contribution >= 0.6 is 11.8 Å². The average molecular weight is 457 g/mol. The molecular weight excluding hydrogens is 432 g/mol. The SMILES string of the molecule is COCCCN1C(=O)S/C(=C/c2cn(Cc3ccc4ccccc4c3)c3ccccc23)C1=O. The minimum Gasteiger partial charge on any atom is -0.385 e. The molecule has 4 aromatic rings. The van der Waals surface area contributed by atoms with Gasteiger partial charge < -0.3 is 9.30 Å². The summed E-state index contributed by atoms with van der Waals surface area (Å²) in [7, 11) is 1.61. The number of ether oxygens (including phenoxy) is 1. The minimum absolute atomic E-state index is 0.220. The average Bonchev–Trinajstić information content (AvgIpc) is 3.31. The predicted molar refractivity (Wildman–Crippen MR) is 134 cm³/mol. The first-order valence-electron chi connectivity index (χ1n) is 10.9. The zero-order valence-corrected chi connectivity index (χ0v) is 19.2. The highest BCUT2D eigenvalue weighted by Gasteiger charge is 2.34. The molecule has 0 saturated carbocycles. The number of aromatic nitrogens is 1. The van der Waals surface area contributed by atoms with E-state index in [1.807, 2.05) is 24.3 Å². The number of nitrogens with zero attached hydrogens (tertiary/aromatic N) is 2. The number of carbonyl (C=O) groups excluding carboxylic acids is 2. The molecule has 2 amide bonds. The summed E-state index contributed by atoms with van der Waals surface area (Å²) in [5.41, 5.74) is 3.24. The second-order valence-corrected chi connectivity index (χ2v) is 9.08. The van der Waals surface area contributed by atoms with Gasteiger partial charge in [-0.3, -0.25) is 14.5 Å². The van der Waals surface area contributed by atoms with Crippen LogP contribution in [0.3, 0.4) is 0 Å². The zero-order valence-electron chi connectivity index (χ0n) is 18.4. The highest BCUT2D eigenvalue weighted by molar-refractivity contribution is 8.18. The summed E-state index contributed by atoms with van der Waals surface area (Å²) in [4.78, 5) is 27.0. The smallest absolute Gasteiger partial charge is 0.293 e. The molecule has 5 rings (SSSR count). The summed E-state index contributed by atoms with van der Waals surface area (Å²) < 4.78 is 7.25. The van der Waals surface area contributed by atoms with Gasteiger partial charge in [0.2, 0.25) is 0 Å². The van der Waals surface area contributed by atoms with Crippen molar-refractivity contribution in [3.8, 4) is 0 Å². The second kappa shape index (κ2) is 9.25. The second-order valence-electron chi connectivity index (χ2n) is 8.09. The van der Waals surface area contributed by atoms with E-state index in [-0.39, 0.29) is 11.1 Å². The van der Waals surface area contributed by atoms with Crippen LogP contribution in [0.2, 0.25) is 0 Å². The normalized spacial score (nSPS) is 15.4. The van der Waals surface area contributed by atoms with E-state index in [1.54, 1.807) is 7.11 Å². The Balaban J connectivity index is 1.46. The summed E-state index contributed by atoms with van der Waals surface area (Å²) in [6.45, 7) is 1.61. The standard InChI is InChI=1S/C27H24N2O3S/c1-32-14-6-13-29-26(30)25(33-27(29)31)16-22-18-28(24-10-5-4-9-23(22)24)17-19-11-12-20-7-2-3-8-21(20)15-19/h2-5,7-12,15-16,18H,6,13-14,17H2,1H3/b25-16+. The van der Waals surface area contributed by atoms with Gasteiger partial charge in [0.25, 0.3) is 11.1 Å². The number of benzene rings is 3. The molecular formula is C27H24N2O3S. The number of thioether (sulfide) groups is 1. The van der Waals surface area contributed by atoms with Crippen molar-refractivity contribution in [1.29, 1.82) is 0 Å². The number of methoxy groups -OCH3 is 1. The van der Waals surface area contributed by atoms with E-state index in [0.717, 1.165) is 34.8 Å². The Morgan fingerprint density at radius 2 is 1.76 bits per heavy atom. The number of rotatable bonds is 7. The van der Waals surface area contributed by atoms with Gasteiger partial charge in [-0.2, -0.15) is 0 Å². The van der Waals surface area contributed by atoms with Gasteiger partial charge in [-0.1, -0.05) is 54.6 Å². The zero-order chi connectivity index (χ0) is 22.8. The van der Waals surface area contributed by atoms with Gasteiger partial charge in [-0.25, -0.2) is 0 Å². The maximum atomic E-state index is 12.8. The lowest BCUT2D eigenvalue weighted by atomic mass is 10.1. The Morgan fingerprint density at radius 1 is 0.970 bits per heavy atom. The van der Waals surface area contributed by atoms with E-state index in [0.29, 0.717) is 24.5 Å². The first kappa shape index (κ1) is 21.5. The van der Waals surface area contributed by atoms with E-state index < -0.39 is 0 Å². The van der Waals surface area contributed by atoms with Gasteiger partial charge in [0.15, 0.2) is 0 Å². The molecule has 1 fully saturated rings. The van der Waals surface area contributed by atoms with Crippen LogP contribution in [0.1, 0.15) is 17.5 Å². The van der Waals surface area contributed by atoms with Crippen molar-refractivity contribution < 1.29 is 14.3 Å². The van der Waals surface area contributed by atoms with Crippen molar-refractivity contribution in [1.82, 2.24) is 9.47 Å². The van der Waals surface area contributed by atoms with E-state index in [1.165, 1.54) is 21.2 Å². The fourth-order valence-corrected chi connectivity index (χ4v) is 5.11. The molecule has 1 aliphatic heterocycles. The van der Waals surface area contributed by atoms with Crippen molar-refractivity contribution in [2.75, 3.05) is 20.3 Å². The van der Waals surface area contributed by atoms with E-state index in [4.69, 9.17) is 4.74 Å². The van der Waals surface area contributed by atoms with E-state index in [2.05, 4.69) is 59.3 Å². The Labute approximate surface area is 196 Å². The number of carbonyl (C=O) groups is 2. The minimum atomic E-state index is -0.229. The van der Waals surface area contributed by atoms with Crippen LogP contribution in [-0.4, -0.2) is 40.9 Å². The number of hydrogen-bond donors (Lipinski definition) is 0. The molecule has 33 heavy (non-hydrogen) atoms. The van der Waals surface area contributed by atoms with Crippen LogP contribution < -0.4 is 0 Å². The first-order valence-corrected chi connectivity index (χ1v) is 11.8. The monoisotopic (exact) mass is 456 g/mol. The fourth-order valence-electron chi connectivity index (χ4n) is 4.26. The summed E-state index contributed by atoms with van der Waals surface area (Å²) in [5.74, 6) is -0.229. The molecule has 0 atom stereocenters. The summed E-state index contributed by atoms with van der Waals surface area (Å²) in [6.07, 6.45) is 4.55. The van der Waals surface area contributed by atoms with Crippen LogP contribution in [0.15, 0.2) is 77.8 Å². The van der Waals surface area contributed by atoms with Crippen molar-refractivity contribution in [3.63, 3.8) is 0 Å². The van der Waals surface area contributed by atoms with Gasteiger partial charge >= 0.3 is 0 Å². The predicted octanol–water partition coefficient (Wildman–Crippen LogP) is 5.92. The summed E-state index contributed by atoms with van der Waals surface area (Å²) >= 11 is 1.01. The van der Waals surface area contributed by atoms with Crippen molar-refractivity contribution in [2.24, 2.45) is 0 Å². The van der Waals surface area contributed by atoms with E-state index in [9.17, 15) is 9.59 Å². The van der Waals surface area contributed by atoms with Crippen LogP contribution in [0.4, 0.5) is 4.79 Å². The first-order chi connectivity index (χ1) is 16.1. The molecule has 3 aromatic carbocycles. The number of hydrogen-bond acceptors (Lipinski definition) is 4. The highest BCUT2D eigenvalue weighted by Crippen LogP contribution is 2.34. The number of amides is 2. The molecule has 1 aromatic heterocycles. The Kier molecular flexibility index (Phi) is 6.03. The molecule has 5 nitrogen and oxygen atoms in total. The molecule has 166 valence electrons. The molecule has 0 radical (unpaired) electrons. The Hall–Kier alpha value is -3.35. The molecule has 2 heterocycles. The number of para-hydroxylation sites is 1. The maximum absolute atomic E-state index is 12.8. The Bertz CT molecular complexity index is 1390. The number of imide groups is 1. The molecule has 6 heteroatoms.